The van der Waals surface area contributed by atoms with E-state index in [2.05, 4.69) is 9.97 Å². The first-order chi connectivity index (χ1) is 15.3. The summed E-state index contributed by atoms with van der Waals surface area (Å²) in [6.45, 7) is 3.70. The molecule has 4 rings (SSSR count). The number of hydrogen-bond acceptors (Lipinski definition) is 7. The lowest BCUT2D eigenvalue weighted by atomic mass is 10.3. The van der Waals surface area contributed by atoms with Crippen LogP contribution in [0.15, 0.2) is 43.1 Å². The fraction of sp³-hybridized carbons (Fsp3) is 0.381. The second kappa shape index (κ2) is 8.33. The van der Waals surface area contributed by atoms with Gasteiger partial charge >= 0.3 is 17.4 Å². The van der Waals surface area contributed by atoms with E-state index in [1.165, 1.54) is 20.6 Å². The standard InChI is InChI=1S/C21H23N5O6/c1-4-5-10-25-17-16(18(27)23-20(25)29)24(3)15(22-17)11-31-19(28)12(2)26-13-8-6-7-9-14(13)32-21(26)30/h6-9,12H,4-5,10-11H2,1-3H3,(H,23,27,29). The van der Waals surface area contributed by atoms with E-state index >= 15 is 0 Å². The van der Waals surface area contributed by atoms with Crippen molar-refractivity contribution in [2.75, 3.05) is 0 Å². The highest BCUT2D eigenvalue weighted by molar-refractivity contribution is 5.79. The number of oxazole rings is 1. The van der Waals surface area contributed by atoms with Gasteiger partial charge in [0.25, 0.3) is 5.56 Å². The first kappa shape index (κ1) is 21.3. The van der Waals surface area contributed by atoms with Gasteiger partial charge in [-0.05, 0) is 25.5 Å². The highest BCUT2D eigenvalue weighted by atomic mass is 16.5. The van der Waals surface area contributed by atoms with E-state index in [1.54, 1.807) is 31.3 Å². The molecular formula is C21H23N5O6. The molecule has 0 fully saturated rings. The number of carbonyl (C=O) groups is 1. The van der Waals surface area contributed by atoms with Crippen LogP contribution in [0.25, 0.3) is 22.3 Å². The van der Waals surface area contributed by atoms with E-state index < -0.39 is 29.0 Å². The summed E-state index contributed by atoms with van der Waals surface area (Å²) in [5.41, 5.74) is 0.225. The van der Waals surface area contributed by atoms with Gasteiger partial charge in [0.15, 0.2) is 16.7 Å². The number of nitrogens with one attached hydrogen (secondary N) is 1. The second-order valence-corrected chi connectivity index (χ2v) is 7.51. The zero-order valence-corrected chi connectivity index (χ0v) is 18.0. The number of ether oxygens (including phenoxy) is 1. The molecule has 3 heterocycles. The monoisotopic (exact) mass is 441 g/mol. The van der Waals surface area contributed by atoms with Crippen molar-refractivity contribution in [3.8, 4) is 0 Å². The number of esters is 1. The third kappa shape index (κ3) is 3.55. The number of para-hydroxylation sites is 2. The molecule has 11 heteroatoms. The van der Waals surface area contributed by atoms with Crippen LogP contribution in [-0.4, -0.2) is 29.6 Å². The average Bonchev–Trinajstić information content (AvgIpc) is 3.27. The molecule has 0 aliphatic heterocycles. The van der Waals surface area contributed by atoms with Gasteiger partial charge in [0, 0.05) is 13.6 Å². The summed E-state index contributed by atoms with van der Waals surface area (Å²) in [4.78, 5) is 56.2. The average molecular weight is 441 g/mol. The highest BCUT2D eigenvalue weighted by Gasteiger charge is 2.24. The van der Waals surface area contributed by atoms with Crippen LogP contribution in [0.3, 0.4) is 0 Å². The summed E-state index contributed by atoms with van der Waals surface area (Å²) in [6, 6.07) is 5.84. The van der Waals surface area contributed by atoms with E-state index in [0.29, 0.717) is 23.5 Å². The Morgan fingerprint density at radius 1 is 1.25 bits per heavy atom. The topological polar surface area (TPSA) is 134 Å². The molecule has 11 nitrogen and oxygen atoms in total. The Bertz CT molecular complexity index is 1480. The van der Waals surface area contributed by atoms with Crippen LogP contribution in [0, 0.1) is 0 Å². The fourth-order valence-electron chi connectivity index (χ4n) is 3.66. The summed E-state index contributed by atoms with van der Waals surface area (Å²) in [5, 5.41) is 0. The smallest absolute Gasteiger partial charge is 0.420 e. The van der Waals surface area contributed by atoms with Crippen LogP contribution in [0.2, 0.25) is 0 Å². The van der Waals surface area contributed by atoms with E-state index in [-0.39, 0.29) is 17.8 Å². The Balaban J connectivity index is 1.62. The van der Waals surface area contributed by atoms with Crippen molar-refractivity contribution >= 4 is 28.2 Å². The number of aromatic nitrogens is 5. The number of imidazole rings is 1. The lowest BCUT2D eigenvalue weighted by molar-refractivity contribution is -0.148. The normalized spacial score (nSPS) is 12.5. The molecule has 1 unspecified atom stereocenters. The number of hydrogen-bond donors (Lipinski definition) is 1. The van der Waals surface area contributed by atoms with Crippen LogP contribution in [-0.2, 0) is 29.7 Å². The summed E-state index contributed by atoms with van der Waals surface area (Å²) in [5.74, 6) is -1.03. The van der Waals surface area contributed by atoms with Gasteiger partial charge in [-0.15, -0.1) is 0 Å². The van der Waals surface area contributed by atoms with E-state index in [4.69, 9.17) is 9.15 Å². The maximum atomic E-state index is 12.7. The molecule has 0 amide bonds. The summed E-state index contributed by atoms with van der Waals surface area (Å²) in [6.07, 6.45) is 1.61. The maximum Gasteiger partial charge on any atom is 0.420 e. The zero-order valence-electron chi connectivity index (χ0n) is 18.0. The molecule has 0 aliphatic carbocycles. The van der Waals surface area contributed by atoms with E-state index in [1.807, 2.05) is 6.92 Å². The number of unbranched alkanes of at least 4 members (excludes halogenated alkanes) is 1. The molecular weight excluding hydrogens is 418 g/mol. The van der Waals surface area contributed by atoms with Gasteiger partial charge in [0.2, 0.25) is 0 Å². The van der Waals surface area contributed by atoms with Gasteiger partial charge in [-0.1, -0.05) is 25.5 Å². The molecule has 0 saturated heterocycles. The minimum Gasteiger partial charge on any atom is -0.456 e. The molecule has 0 aliphatic rings. The minimum atomic E-state index is -0.938. The molecule has 3 aromatic heterocycles. The highest BCUT2D eigenvalue weighted by Crippen LogP contribution is 2.18. The van der Waals surface area contributed by atoms with Crippen molar-refractivity contribution in [1.82, 2.24) is 23.7 Å². The minimum absolute atomic E-state index is 0.219. The third-order valence-corrected chi connectivity index (χ3v) is 5.43. The first-order valence-electron chi connectivity index (χ1n) is 10.3. The first-order valence-corrected chi connectivity index (χ1v) is 10.3. The van der Waals surface area contributed by atoms with Gasteiger partial charge in [0.05, 0.1) is 5.52 Å². The molecule has 1 atom stereocenters. The third-order valence-electron chi connectivity index (χ3n) is 5.43. The number of carbonyl (C=O) groups excluding carboxylic acids is 1. The van der Waals surface area contributed by atoms with Crippen LogP contribution < -0.4 is 17.0 Å². The van der Waals surface area contributed by atoms with Gasteiger partial charge in [0.1, 0.15) is 18.5 Å². The van der Waals surface area contributed by atoms with Crippen LogP contribution in [0.5, 0.6) is 0 Å². The predicted octanol–water partition coefficient (Wildman–Crippen LogP) is 1.44. The second-order valence-electron chi connectivity index (χ2n) is 7.51. The van der Waals surface area contributed by atoms with Crippen molar-refractivity contribution < 1.29 is 13.9 Å². The van der Waals surface area contributed by atoms with Gasteiger partial charge in [-0.3, -0.25) is 18.9 Å². The molecule has 0 radical (unpaired) electrons. The van der Waals surface area contributed by atoms with E-state index in [9.17, 15) is 19.2 Å². The number of H-pyrrole nitrogens is 1. The fourth-order valence-corrected chi connectivity index (χ4v) is 3.66. The SMILES string of the molecule is CCCCn1c(=O)[nH]c(=O)c2c1nc(COC(=O)C(C)n1c(=O)oc3ccccc31)n2C. The molecule has 0 bridgehead atoms. The molecule has 0 spiro atoms. The Hall–Kier alpha value is -3.89. The van der Waals surface area contributed by atoms with Crippen molar-refractivity contribution in [2.45, 2.75) is 45.9 Å². The van der Waals surface area contributed by atoms with E-state index in [0.717, 1.165) is 12.8 Å². The number of aromatic amines is 1. The Labute approximate surface area is 180 Å². The Morgan fingerprint density at radius 3 is 2.75 bits per heavy atom. The molecule has 32 heavy (non-hydrogen) atoms. The summed E-state index contributed by atoms with van der Waals surface area (Å²) >= 11 is 0. The summed E-state index contributed by atoms with van der Waals surface area (Å²) in [7, 11) is 1.61. The van der Waals surface area contributed by atoms with Crippen molar-refractivity contribution in [3.63, 3.8) is 0 Å². The zero-order chi connectivity index (χ0) is 23.0. The van der Waals surface area contributed by atoms with Crippen LogP contribution >= 0.6 is 0 Å². The van der Waals surface area contributed by atoms with Crippen LogP contribution in [0.1, 0.15) is 38.6 Å². The molecule has 168 valence electrons. The van der Waals surface area contributed by atoms with Crippen molar-refractivity contribution in [2.24, 2.45) is 7.05 Å². The maximum absolute atomic E-state index is 12.7. The lowest BCUT2D eigenvalue weighted by Gasteiger charge is -2.12. The number of rotatable bonds is 7. The number of nitrogens with zero attached hydrogens (tertiary/aromatic N) is 4. The van der Waals surface area contributed by atoms with Crippen molar-refractivity contribution in [1.29, 1.82) is 0 Å². The van der Waals surface area contributed by atoms with Gasteiger partial charge in [-0.25, -0.2) is 19.4 Å². The van der Waals surface area contributed by atoms with Crippen molar-refractivity contribution in [3.05, 3.63) is 61.5 Å². The molecule has 0 saturated carbocycles. The number of fused-ring (bicyclic) bond motifs is 2. The Morgan fingerprint density at radius 2 is 2.00 bits per heavy atom. The molecule has 4 aromatic rings. The largest absolute Gasteiger partial charge is 0.456 e. The number of benzene rings is 1. The van der Waals surface area contributed by atoms with Gasteiger partial charge in [-0.2, -0.15) is 0 Å². The lowest BCUT2D eigenvalue weighted by Crippen LogP contribution is -2.31. The Kier molecular flexibility index (Phi) is 5.56. The quantitative estimate of drug-likeness (QED) is 0.429. The predicted molar refractivity (Wildman–Crippen MR) is 115 cm³/mol. The number of aryl methyl sites for hydroxylation is 2. The van der Waals surface area contributed by atoms with Gasteiger partial charge < -0.3 is 13.7 Å². The van der Waals surface area contributed by atoms with Crippen LogP contribution in [0.4, 0.5) is 0 Å². The summed E-state index contributed by atoms with van der Waals surface area (Å²) < 4.78 is 14.7. The molecule has 1 aromatic carbocycles. The molecule has 1 N–H and O–H groups in total.